The van der Waals surface area contributed by atoms with Crippen molar-refractivity contribution in [3.05, 3.63) is 48.0 Å². The first-order chi connectivity index (χ1) is 6.31. The average molecular weight is 190 g/mol. The van der Waals surface area contributed by atoms with Crippen LogP contribution in [0.5, 0.6) is 0 Å². The van der Waals surface area contributed by atoms with Crippen molar-refractivity contribution in [1.29, 1.82) is 0 Å². The molecule has 0 bridgehead atoms. The zero-order valence-electron chi connectivity index (χ0n) is 7.92. The molecule has 1 rings (SSSR count). The van der Waals surface area contributed by atoms with Crippen LogP contribution in [-0.2, 0) is 5.75 Å². The van der Waals surface area contributed by atoms with Crippen molar-refractivity contribution in [3.63, 3.8) is 0 Å². The summed E-state index contributed by atoms with van der Waals surface area (Å²) in [5.41, 5.74) is 3.66. The highest BCUT2D eigenvalue weighted by Crippen LogP contribution is 2.17. The Morgan fingerprint density at radius 1 is 1.23 bits per heavy atom. The van der Waals surface area contributed by atoms with Gasteiger partial charge in [-0.1, -0.05) is 43.5 Å². The smallest absolute Gasteiger partial charge is 0.0182 e. The standard InChI is InChI=1S/C12H14S/c1-4-11-7-6-10(9-13-3)8-12(11)5-2/h4-8H,1-2,9H2,3H3. The van der Waals surface area contributed by atoms with Gasteiger partial charge in [-0.2, -0.15) is 11.8 Å². The highest BCUT2D eigenvalue weighted by atomic mass is 32.2. The van der Waals surface area contributed by atoms with Crippen molar-refractivity contribution < 1.29 is 0 Å². The van der Waals surface area contributed by atoms with E-state index in [0.29, 0.717) is 0 Å². The molecule has 0 amide bonds. The Balaban J connectivity index is 3.05. The summed E-state index contributed by atoms with van der Waals surface area (Å²) in [6.07, 6.45) is 5.84. The quantitative estimate of drug-likeness (QED) is 0.695. The van der Waals surface area contributed by atoms with Gasteiger partial charge in [0.15, 0.2) is 0 Å². The normalized spacial score (nSPS) is 9.62. The fraction of sp³-hybridized carbons (Fsp3) is 0.167. The van der Waals surface area contributed by atoms with Crippen LogP contribution < -0.4 is 0 Å². The lowest BCUT2D eigenvalue weighted by Gasteiger charge is -2.04. The maximum Gasteiger partial charge on any atom is 0.0182 e. The highest BCUT2D eigenvalue weighted by molar-refractivity contribution is 7.97. The van der Waals surface area contributed by atoms with Crippen LogP contribution in [-0.4, -0.2) is 6.26 Å². The topological polar surface area (TPSA) is 0 Å². The summed E-state index contributed by atoms with van der Waals surface area (Å²) < 4.78 is 0. The minimum atomic E-state index is 1.05. The van der Waals surface area contributed by atoms with Gasteiger partial charge in [0.05, 0.1) is 0 Å². The van der Waals surface area contributed by atoms with Crippen LogP contribution in [0.3, 0.4) is 0 Å². The first-order valence-corrected chi connectivity index (χ1v) is 5.58. The van der Waals surface area contributed by atoms with Crippen molar-refractivity contribution in [3.8, 4) is 0 Å². The van der Waals surface area contributed by atoms with Gasteiger partial charge in [0.1, 0.15) is 0 Å². The summed E-state index contributed by atoms with van der Waals surface area (Å²) in [5, 5.41) is 0. The fourth-order valence-electron chi connectivity index (χ4n) is 1.24. The van der Waals surface area contributed by atoms with Crippen LogP contribution in [0.2, 0.25) is 0 Å². The molecule has 68 valence electrons. The molecule has 0 fully saturated rings. The number of thioether (sulfide) groups is 1. The number of hydrogen-bond acceptors (Lipinski definition) is 1. The molecule has 0 heterocycles. The number of rotatable bonds is 4. The molecule has 13 heavy (non-hydrogen) atoms. The van der Waals surface area contributed by atoms with E-state index in [4.69, 9.17) is 0 Å². The Labute approximate surface area is 84.4 Å². The van der Waals surface area contributed by atoms with E-state index >= 15 is 0 Å². The van der Waals surface area contributed by atoms with Crippen molar-refractivity contribution >= 4 is 23.9 Å². The molecule has 0 radical (unpaired) electrons. The number of benzene rings is 1. The molecule has 0 aliphatic heterocycles. The van der Waals surface area contributed by atoms with E-state index in [9.17, 15) is 0 Å². The van der Waals surface area contributed by atoms with Gasteiger partial charge in [0.2, 0.25) is 0 Å². The predicted molar refractivity (Wildman–Crippen MR) is 63.8 cm³/mol. The van der Waals surface area contributed by atoms with Crippen LogP contribution in [0.25, 0.3) is 12.2 Å². The van der Waals surface area contributed by atoms with Crippen molar-refractivity contribution in [2.75, 3.05) is 6.26 Å². The highest BCUT2D eigenvalue weighted by Gasteiger charge is 1.97. The second kappa shape index (κ2) is 4.93. The molecular formula is C12H14S. The second-order valence-electron chi connectivity index (χ2n) is 2.80. The monoisotopic (exact) mass is 190 g/mol. The molecule has 0 aliphatic rings. The third-order valence-corrected chi connectivity index (χ3v) is 2.52. The van der Waals surface area contributed by atoms with Gasteiger partial charge in [-0.15, -0.1) is 0 Å². The maximum absolute atomic E-state index is 3.79. The van der Waals surface area contributed by atoms with Gasteiger partial charge in [-0.05, 0) is 22.9 Å². The Hall–Kier alpha value is -0.950. The molecule has 0 atom stereocenters. The van der Waals surface area contributed by atoms with Crippen LogP contribution in [0.4, 0.5) is 0 Å². The molecule has 0 nitrogen and oxygen atoms in total. The molecule has 1 aromatic rings. The van der Waals surface area contributed by atoms with Crippen LogP contribution in [0.1, 0.15) is 16.7 Å². The summed E-state index contributed by atoms with van der Waals surface area (Å²) in [6, 6.07) is 6.40. The van der Waals surface area contributed by atoms with E-state index in [1.807, 2.05) is 23.9 Å². The summed E-state index contributed by atoms with van der Waals surface area (Å²) in [5.74, 6) is 1.05. The molecule has 1 heteroatoms. The van der Waals surface area contributed by atoms with Crippen LogP contribution in [0, 0.1) is 0 Å². The van der Waals surface area contributed by atoms with Gasteiger partial charge >= 0.3 is 0 Å². The SMILES string of the molecule is C=Cc1ccc(CSC)cc1C=C. The summed E-state index contributed by atoms with van der Waals surface area (Å²) >= 11 is 1.83. The van der Waals surface area contributed by atoms with E-state index in [2.05, 4.69) is 37.6 Å². The zero-order valence-corrected chi connectivity index (χ0v) is 8.73. The summed E-state index contributed by atoms with van der Waals surface area (Å²) in [6.45, 7) is 7.55. The first-order valence-electron chi connectivity index (χ1n) is 4.18. The van der Waals surface area contributed by atoms with Crippen molar-refractivity contribution in [1.82, 2.24) is 0 Å². The van der Waals surface area contributed by atoms with Gasteiger partial charge in [-0.25, -0.2) is 0 Å². The molecule has 0 spiro atoms. The van der Waals surface area contributed by atoms with Crippen LogP contribution >= 0.6 is 11.8 Å². The van der Waals surface area contributed by atoms with Gasteiger partial charge in [0.25, 0.3) is 0 Å². The number of hydrogen-bond donors (Lipinski definition) is 0. The molecule has 0 aromatic heterocycles. The van der Waals surface area contributed by atoms with Gasteiger partial charge in [-0.3, -0.25) is 0 Å². The lowest BCUT2D eigenvalue weighted by Crippen LogP contribution is -1.85. The Morgan fingerprint density at radius 3 is 2.46 bits per heavy atom. The summed E-state index contributed by atoms with van der Waals surface area (Å²) in [4.78, 5) is 0. The molecule has 0 aliphatic carbocycles. The van der Waals surface area contributed by atoms with Crippen molar-refractivity contribution in [2.24, 2.45) is 0 Å². The zero-order chi connectivity index (χ0) is 9.68. The maximum atomic E-state index is 3.79. The molecule has 0 unspecified atom stereocenters. The third kappa shape index (κ3) is 2.49. The van der Waals surface area contributed by atoms with E-state index in [1.165, 1.54) is 11.1 Å². The Morgan fingerprint density at radius 2 is 1.92 bits per heavy atom. The Kier molecular flexibility index (Phi) is 3.84. The molecule has 0 N–H and O–H groups in total. The van der Waals surface area contributed by atoms with Gasteiger partial charge < -0.3 is 0 Å². The Bertz CT molecular complexity index is 313. The molecule has 1 aromatic carbocycles. The van der Waals surface area contributed by atoms with Crippen molar-refractivity contribution in [2.45, 2.75) is 5.75 Å². The lowest BCUT2D eigenvalue weighted by molar-refractivity contribution is 1.40. The summed E-state index contributed by atoms with van der Waals surface area (Å²) in [7, 11) is 0. The molecular weight excluding hydrogens is 176 g/mol. The fourth-order valence-corrected chi connectivity index (χ4v) is 1.76. The van der Waals surface area contributed by atoms with Gasteiger partial charge in [0, 0.05) is 5.75 Å². The van der Waals surface area contributed by atoms with Crippen LogP contribution in [0.15, 0.2) is 31.4 Å². The molecule has 0 saturated heterocycles. The van der Waals surface area contributed by atoms with E-state index in [0.717, 1.165) is 11.3 Å². The largest absolute Gasteiger partial charge is 0.161 e. The minimum absolute atomic E-state index is 1.05. The van der Waals surface area contributed by atoms with E-state index in [-0.39, 0.29) is 0 Å². The predicted octanol–water partition coefficient (Wildman–Crippen LogP) is 3.84. The molecule has 0 saturated carbocycles. The van der Waals surface area contributed by atoms with E-state index < -0.39 is 0 Å². The first kappa shape index (κ1) is 10.1. The van der Waals surface area contributed by atoms with E-state index in [1.54, 1.807) is 0 Å². The minimum Gasteiger partial charge on any atom is -0.161 e. The lowest BCUT2D eigenvalue weighted by atomic mass is 10.0. The third-order valence-electron chi connectivity index (χ3n) is 1.90. The second-order valence-corrected chi connectivity index (χ2v) is 3.67. The average Bonchev–Trinajstić information content (AvgIpc) is 2.18.